The molecule has 1 N–H and O–H groups in total. The largest absolute Gasteiger partial charge is 0.390 e. The van der Waals surface area contributed by atoms with E-state index in [4.69, 9.17) is 5.11 Å². The van der Waals surface area contributed by atoms with Crippen molar-refractivity contribution in [2.45, 2.75) is 17.3 Å². The lowest BCUT2D eigenvalue weighted by Crippen LogP contribution is -1.85. The van der Waals surface area contributed by atoms with Crippen LogP contribution in [0, 0.1) is 5.82 Å². The molecule has 1 aromatic carbocycles. The van der Waals surface area contributed by atoms with E-state index in [1.165, 1.54) is 29.2 Å². The number of hydrogen-bond acceptors (Lipinski definition) is 4. The summed E-state index contributed by atoms with van der Waals surface area (Å²) >= 11 is 2.90. The second-order valence-electron chi connectivity index (χ2n) is 3.11. The third kappa shape index (κ3) is 2.81. The number of rotatable bonds is 4. The molecular formula is C11H10FNOS2. The van der Waals surface area contributed by atoms with Gasteiger partial charge in [0.25, 0.3) is 0 Å². The van der Waals surface area contributed by atoms with Crippen molar-refractivity contribution < 1.29 is 9.50 Å². The number of thiazole rings is 1. The predicted molar refractivity (Wildman–Crippen MR) is 64.0 cm³/mol. The first-order chi connectivity index (χ1) is 7.79. The highest BCUT2D eigenvalue weighted by Gasteiger charge is 2.05. The highest BCUT2D eigenvalue weighted by Crippen LogP contribution is 2.26. The van der Waals surface area contributed by atoms with E-state index in [0.717, 1.165) is 5.01 Å². The monoisotopic (exact) mass is 255 g/mol. The molecule has 0 fully saturated rings. The minimum absolute atomic E-state index is 0.0408. The zero-order chi connectivity index (χ0) is 11.4. The maximum Gasteiger partial charge on any atom is 0.136 e. The van der Waals surface area contributed by atoms with Gasteiger partial charge in [0.2, 0.25) is 0 Å². The smallest absolute Gasteiger partial charge is 0.136 e. The van der Waals surface area contributed by atoms with E-state index in [1.807, 2.05) is 11.4 Å². The van der Waals surface area contributed by atoms with Crippen LogP contribution in [-0.4, -0.2) is 10.1 Å². The number of halogens is 1. The summed E-state index contributed by atoms with van der Waals surface area (Å²) in [5.41, 5.74) is 0.675. The van der Waals surface area contributed by atoms with Crippen molar-refractivity contribution in [1.82, 2.24) is 4.98 Å². The Kier molecular flexibility index (Phi) is 3.93. The van der Waals surface area contributed by atoms with Gasteiger partial charge in [0.1, 0.15) is 10.8 Å². The Morgan fingerprint density at radius 1 is 1.38 bits per heavy atom. The lowest BCUT2D eigenvalue weighted by Gasteiger charge is -2.00. The van der Waals surface area contributed by atoms with Crippen molar-refractivity contribution in [2.75, 3.05) is 0 Å². The zero-order valence-electron chi connectivity index (χ0n) is 8.39. The molecule has 1 aromatic heterocycles. The summed E-state index contributed by atoms with van der Waals surface area (Å²) in [7, 11) is 0. The quantitative estimate of drug-likeness (QED) is 0.852. The van der Waals surface area contributed by atoms with Crippen LogP contribution in [0.15, 0.2) is 34.5 Å². The molecule has 0 atom stereocenters. The average Bonchev–Trinajstić information content (AvgIpc) is 2.76. The Balaban J connectivity index is 1.99. The number of benzene rings is 1. The molecule has 0 aliphatic heterocycles. The van der Waals surface area contributed by atoms with Crippen LogP contribution in [0.3, 0.4) is 0 Å². The van der Waals surface area contributed by atoms with E-state index in [9.17, 15) is 4.39 Å². The third-order valence-electron chi connectivity index (χ3n) is 1.95. The highest BCUT2D eigenvalue weighted by atomic mass is 32.2. The molecule has 2 rings (SSSR count). The minimum atomic E-state index is -0.202. The van der Waals surface area contributed by atoms with Gasteiger partial charge in [-0.2, -0.15) is 0 Å². The molecule has 2 aromatic rings. The van der Waals surface area contributed by atoms with E-state index in [2.05, 4.69) is 4.98 Å². The van der Waals surface area contributed by atoms with Crippen LogP contribution >= 0.6 is 23.1 Å². The van der Waals surface area contributed by atoms with Crippen LogP contribution in [0.25, 0.3) is 0 Å². The Labute approximate surface area is 101 Å². The summed E-state index contributed by atoms with van der Waals surface area (Å²) in [6.45, 7) is -0.0408. The second-order valence-corrected chi connectivity index (χ2v) is 5.07. The lowest BCUT2D eigenvalue weighted by molar-refractivity contribution is 0.277. The third-order valence-corrected chi connectivity index (χ3v) is 4.09. The Bertz CT molecular complexity index is 473. The van der Waals surface area contributed by atoms with Gasteiger partial charge in [0.15, 0.2) is 0 Å². The highest BCUT2D eigenvalue weighted by molar-refractivity contribution is 7.98. The number of aromatic nitrogens is 1. The molecule has 0 saturated carbocycles. The second kappa shape index (κ2) is 5.43. The van der Waals surface area contributed by atoms with Gasteiger partial charge in [-0.1, -0.05) is 12.1 Å². The van der Waals surface area contributed by atoms with Crippen molar-refractivity contribution in [3.05, 3.63) is 46.2 Å². The molecule has 0 bridgehead atoms. The molecule has 16 heavy (non-hydrogen) atoms. The minimum Gasteiger partial charge on any atom is -0.390 e. The van der Waals surface area contributed by atoms with Gasteiger partial charge in [0, 0.05) is 10.3 Å². The van der Waals surface area contributed by atoms with E-state index < -0.39 is 0 Å². The molecule has 5 heteroatoms. The van der Waals surface area contributed by atoms with Crippen molar-refractivity contribution in [1.29, 1.82) is 0 Å². The summed E-state index contributed by atoms with van der Waals surface area (Å²) in [6.07, 6.45) is 0. The van der Waals surface area contributed by atoms with Gasteiger partial charge in [0.05, 0.1) is 18.1 Å². The van der Waals surface area contributed by atoms with Gasteiger partial charge < -0.3 is 5.11 Å². The Hall–Kier alpha value is -0.910. The zero-order valence-corrected chi connectivity index (χ0v) is 10.0. The molecule has 2 nitrogen and oxygen atoms in total. The van der Waals surface area contributed by atoms with Crippen LogP contribution in [0.4, 0.5) is 4.39 Å². The summed E-state index contributed by atoms with van der Waals surface area (Å²) in [6, 6.07) is 6.68. The van der Waals surface area contributed by atoms with Crippen LogP contribution in [0.1, 0.15) is 10.7 Å². The lowest BCUT2D eigenvalue weighted by atomic mass is 10.3. The fourth-order valence-electron chi connectivity index (χ4n) is 1.19. The molecule has 84 valence electrons. The Morgan fingerprint density at radius 3 is 2.88 bits per heavy atom. The molecule has 0 saturated heterocycles. The number of nitrogens with zero attached hydrogens (tertiary/aromatic N) is 1. The maximum absolute atomic E-state index is 13.3. The average molecular weight is 255 g/mol. The van der Waals surface area contributed by atoms with E-state index in [0.29, 0.717) is 16.3 Å². The van der Waals surface area contributed by atoms with Gasteiger partial charge in [-0.3, -0.25) is 0 Å². The maximum atomic E-state index is 13.3. The number of thioether (sulfide) groups is 1. The van der Waals surface area contributed by atoms with Crippen LogP contribution in [0.2, 0.25) is 0 Å². The predicted octanol–water partition coefficient (Wildman–Crippen LogP) is 3.07. The van der Waals surface area contributed by atoms with Gasteiger partial charge >= 0.3 is 0 Å². The van der Waals surface area contributed by atoms with Gasteiger partial charge in [-0.25, -0.2) is 9.37 Å². The van der Waals surface area contributed by atoms with E-state index in [1.54, 1.807) is 12.1 Å². The first-order valence-corrected chi connectivity index (χ1v) is 6.57. The topological polar surface area (TPSA) is 33.1 Å². The van der Waals surface area contributed by atoms with Crippen LogP contribution < -0.4 is 0 Å². The molecule has 0 amide bonds. The van der Waals surface area contributed by atoms with Crippen LogP contribution in [0.5, 0.6) is 0 Å². The number of hydrogen-bond donors (Lipinski definition) is 1. The fraction of sp³-hybridized carbons (Fsp3) is 0.182. The molecule has 1 heterocycles. The fourth-order valence-corrected chi connectivity index (χ4v) is 2.93. The number of aliphatic hydroxyl groups is 1. The molecule has 0 spiro atoms. The molecule has 0 unspecified atom stereocenters. The van der Waals surface area contributed by atoms with Crippen molar-refractivity contribution in [2.24, 2.45) is 0 Å². The van der Waals surface area contributed by atoms with Crippen molar-refractivity contribution >= 4 is 23.1 Å². The Morgan fingerprint density at radius 2 is 2.19 bits per heavy atom. The molecule has 0 aliphatic carbocycles. The number of aliphatic hydroxyl groups excluding tert-OH is 1. The van der Waals surface area contributed by atoms with E-state index in [-0.39, 0.29) is 12.4 Å². The summed E-state index contributed by atoms with van der Waals surface area (Å²) in [5.74, 6) is 0.428. The van der Waals surface area contributed by atoms with Crippen molar-refractivity contribution in [3.8, 4) is 0 Å². The molecule has 0 radical (unpaired) electrons. The summed E-state index contributed by atoms with van der Waals surface area (Å²) in [5, 5.41) is 11.6. The van der Waals surface area contributed by atoms with Crippen LogP contribution in [-0.2, 0) is 12.4 Å². The standard InChI is InChI=1S/C11H10FNOS2/c12-9-3-1-2-4-10(9)15-7-11-13-8(5-14)6-16-11/h1-4,6,14H,5,7H2. The van der Waals surface area contributed by atoms with Crippen molar-refractivity contribution in [3.63, 3.8) is 0 Å². The summed E-state index contributed by atoms with van der Waals surface area (Å²) in [4.78, 5) is 4.83. The first kappa shape index (κ1) is 11.6. The molecule has 0 aliphatic rings. The van der Waals surface area contributed by atoms with E-state index >= 15 is 0 Å². The van der Waals surface area contributed by atoms with Gasteiger partial charge in [-0.15, -0.1) is 23.1 Å². The van der Waals surface area contributed by atoms with Gasteiger partial charge in [-0.05, 0) is 12.1 Å². The molecular weight excluding hydrogens is 245 g/mol. The SMILES string of the molecule is OCc1csc(CSc2ccccc2F)n1. The summed E-state index contributed by atoms with van der Waals surface area (Å²) < 4.78 is 13.3. The normalized spacial score (nSPS) is 10.6. The first-order valence-electron chi connectivity index (χ1n) is 4.71.